The molecule has 0 aliphatic carbocycles. The number of ether oxygens (including phenoxy) is 1. The number of halogens is 1. The second-order valence-corrected chi connectivity index (χ2v) is 3.48. The monoisotopic (exact) mass is 244 g/mol. The molecule has 0 amide bonds. The molecule has 88 valence electrons. The molecule has 0 atom stereocenters. The molecule has 0 unspecified atom stereocenters. The Morgan fingerprint density at radius 1 is 1.56 bits per heavy atom. The molecule has 1 rings (SSSR count). The molecule has 0 saturated carbocycles. The number of nitro groups is 1. The van der Waals surface area contributed by atoms with E-state index in [9.17, 15) is 10.1 Å². The number of hydrogen-bond donors (Lipinski definition) is 1. The van der Waals surface area contributed by atoms with Crippen LogP contribution in [0.5, 0.6) is 5.75 Å². The van der Waals surface area contributed by atoms with E-state index in [1.54, 1.807) is 0 Å². The van der Waals surface area contributed by atoms with Crippen molar-refractivity contribution in [1.82, 2.24) is 5.32 Å². The highest BCUT2D eigenvalue weighted by atomic mass is 35.5. The maximum atomic E-state index is 10.5. The molecule has 0 aromatic heterocycles. The van der Waals surface area contributed by atoms with Crippen molar-refractivity contribution in [2.45, 2.75) is 6.92 Å². The number of rotatable bonds is 6. The second-order valence-electron chi connectivity index (χ2n) is 3.07. The average molecular weight is 245 g/mol. The van der Waals surface area contributed by atoms with E-state index in [0.29, 0.717) is 12.4 Å². The van der Waals surface area contributed by atoms with Gasteiger partial charge in [0, 0.05) is 18.7 Å². The molecule has 0 saturated heterocycles. The lowest BCUT2D eigenvalue weighted by atomic mass is 10.3. The lowest BCUT2D eigenvalue weighted by Gasteiger charge is -2.06. The third kappa shape index (κ3) is 3.67. The fourth-order valence-corrected chi connectivity index (χ4v) is 1.38. The summed E-state index contributed by atoms with van der Waals surface area (Å²) in [5.74, 6) is 0.536. The van der Waals surface area contributed by atoms with Gasteiger partial charge in [-0.1, -0.05) is 18.5 Å². The predicted molar refractivity (Wildman–Crippen MR) is 62.1 cm³/mol. The molecule has 5 nitrogen and oxygen atoms in total. The minimum Gasteiger partial charge on any atom is -0.492 e. The summed E-state index contributed by atoms with van der Waals surface area (Å²) in [7, 11) is 0. The van der Waals surface area contributed by atoms with Crippen LogP contribution < -0.4 is 10.1 Å². The number of likely N-dealkylation sites (N-methyl/N-ethyl adjacent to an activating group) is 1. The van der Waals surface area contributed by atoms with E-state index >= 15 is 0 Å². The molecule has 1 aromatic rings. The summed E-state index contributed by atoms with van der Waals surface area (Å²) in [6.45, 7) is 4.11. The molecule has 1 aromatic carbocycles. The van der Waals surface area contributed by atoms with Gasteiger partial charge in [0.1, 0.15) is 17.4 Å². The Morgan fingerprint density at radius 3 is 2.88 bits per heavy atom. The molecule has 0 spiro atoms. The first-order chi connectivity index (χ1) is 7.65. The van der Waals surface area contributed by atoms with Gasteiger partial charge < -0.3 is 10.1 Å². The van der Waals surface area contributed by atoms with Crippen molar-refractivity contribution in [2.24, 2.45) is 0 Å². The van der Waals surface area contributed by atoms with Crippen LogP contribution >= 0.6 is 11.6 Å². The fraction of sp³-hybridized carbons (Fsp3) is 0.400. The Labute approximate surface area is 98.5 Å². The van der Waals surface area contributed by atoms with Gasteiger partial charge in [0.15, 0.2) is 0 Å². The lowest BCUT2D eigenvalue weighted by Crippen LogP contribution is -2.20. The van der Waals surface area contributed by atoms with Crippen molar-refractivity contribution in [1.29, 1.82) is 0 Å². The average Bonchev–Trinajstić information content (AvgIpc) is 2.24. The number of nitrogens with zero attached hydrogens (tertiary/aromatic N) is 1. The van der Waals surface area contributed by atoms with Gasteiger partial charge in [-0.2, -0.15) is 0 Å². The highest BCUT2D eigenvalue weighted by Gasteiger charge is 2.12. The molecule has 0 fully saturated rings. The minimum atomic E-state index is -0.523. The summed E-state index contributed by atoms with van der Waals surface area (Å²) in [4.78, 5) is 9.98. The number of benzene rings is 1. The van der Waals surface area contributed by atoms with E-state index < -0.39 is 4.92 Å². The standard InChI is InChI=1S/C10H13ClN2O3/c1-2-12-5-6-16-8-3-4-10(13(14)15)9(11)7-8/h3-4,7,12H,2,5-6H2,1H3. The molecule has 0 heterocycles. The first-order valence-corrected chi connectivity index (χ1v) is 5.30. The highest BCUT2D eigenvalue weighted by Crippen LogP contribution is 2.28. The van der Waals surface area contributed by atoms with Crippen molar-refractivity contribution in [2.75, 3.05) is 19.7 Å². The zero-order chi connectivity index (χ0) is 12.0. The summed E-state index contributed by atoms with van der Waals surface area (Å²) in [6.07, 6.45) is 0. The Morgan fingerprint density at radius 2 is 2.31 bits per heavy atom. The van der Waals surface area contributed by atoms with E-state index in [4.69, 9.17) is 16.3 Å². The Balaban J connectivity index is 2.56. The predicted octanol–water partition coefficient (Wildman–Crippen LogP) is 2.24. The van der Waals surface area contributed by atoms with Crippen LogP contribution in [0.25, 0.3) is 0 Å². The topological polar surface area (TPSA) is 64.4 Å². The van der Waals surface area contributed by atoms with Crippen molar-refractivity contribution >= 4 is 17.3 Å². The van der Waals surface area contributed by atoms with Crippen LogP contribution in [-0.2, 0) is 0 Å². The summed E-state index contributed by atoms with van der Waals surface area (Å²) in [5.41, 5.74) is -0.110. The van der Waals surface area contributed by atoms with E-state index in [0.717, 1.165) is 13.1 Å². The van der Waals surface area contributed by atoms with E-state index in [1.165, 1.54) is 18.2 Å². The molecular formula is C10H13ClN2O3. The summed E-state index contributed by atoms with van der Waals surface area (Å²) in [6, 6.07) is 4.33. The third-order valence-corrected chi connectivity index (χ3v) is 2.22. The molecule has 0 radical (unpaired) electrons. The van der Waals surface area contributed by atoms with Crippen LogP contribution in [0.1, 0.15) is 6.92 Å². The Hall–Kier alpha value is -1.33. The number of nitrogens with one attached hydrogen (secondary N) is 1. The molecular weight excluding hydrogens is 232 g/mol. The van der Waals surface area contributed by atoms with Crippen LogP contribution in [-0.4, -0.2) is 24.6 Å². The smallest absolute Gasteiger partial charge is 0.288 e. The first-order valence-electron chi connectivity index (χ1n) is 4.92. The first kappa shape index (κ1) is 12.7. The third-order valence-electron chi connectivity index (χ3n) is 1.91. The maximum Gasteiger partial charge on any atom is 0.288 e. The zero-order valence-corrected chi connectivity index (χ0v) is 9.66. The van der Waals surface area contributed by atoms with Gasteiger partial charge in [-0.15, -0.1) is 0 Å². The molecule has 0 bridgehead atoms. The molecule has 16 heavy (non-hydrogen) atoms. The quantitative estimate of drug-likeness (QED) is 0.474. The molecule has 0 aliphatic heterocycles. The lowest BCUT2D eigenvalue weighted by molar-refractivity contribution is -0.384. The van der Waals surface area contributed by atoms with Gasteiger partial charge in [-0.25, -0.2) is 0 Å². The van der Waals surface area contributed by atoms with Crippen molar-refractivity contribution in [3.8, 4) is 5.75 Å². The van der Waals surface area contributed by atoms with Gasteiger partial charge in [0.05, 0.1) is 4.92 Å². The van der Waals surface area contributed by atoms with Crippen LogP contribution in [0.15, 0.2) is 18.2 Å². The molecule has 1 N–H and O–H groups in total. The van der Waals surface area contributed by atoms with Crippen LogP contribution in [0, 0.1) is 10.1 Å². The summed E-state index contributed by atoms with van der Waals surface area (Å²) >= 11 is 5.73. The SMILES string of the molecule is CCNCCOc1ccc([N+](=O)[O-])c(Cl)c1. The van der Waals surface area contributed by atoms with Crippen molar-refractivity contribution < 1.29 is 9.66 Å². The zero-order valence-electron chi connectivity index (χ0n) is 8.90. The number of hydrogen-bond acceptors (Lipinski definition) is 4. The van der Waals surface area contributed by atoms with Crippen LogP contribution in [0.4, 0.5) is 5.69 Å². The summed E-state index contributed by atoms with van der Waals surface area (Å²) < 4.78 is 5.35. The Kier molecular flexibility index (Phi) is 5.01. The van der Waals surface area contributed by atoms with E-state index in [1.807, 2.05) is 6.92 Å². The maximum absolute atomic E-state index is 10.5. The number of nitro benzene ring substituents is 1. The molecule has 0 aliphatic rings. The van der Waals surface area contributed by atoms with Gasteiger partial charge in [0.2, 0.25) is 0 Å². The van der Waals surface area contributed by atoms with Crippen LogP contribution in [0.2, 0.25) is 5.02 Å². The normalized spacial score (nSPS) is 10.1. The fourth-order valence-electron chi connectivity index (χ4n) is 1.14. The second kappa shape index (κ2) is 6.30. The van der Waals surface area contributed by atoms with Gasteiger partial charge >= 0.3 is 0 Å². The van der Waals surface area contributed by atoms with Gasteiger partial charge in [-0.05, 0) is 12.6 Å². The Bertz CT molecular complexity index is 371. The van der Waals surface area contributed by atoms with Gasteiger partial charge in [0.25, 0.3) is 5.69 Å². The minimum absolute atomic E-state index is 0.0888. The van der Waals surface area contributed by atoms with Crippen molar-refractivity contribution in [3.63, 3.8) is 0 Å². The summed E-state index contributed by atoms with van der Waals surface area (Å²) in [5, 5.41) is 13.7. The van der Waals surface area contributed by atoms with Crippen LogP contribution in [0.3, 0.4) is 0 Å². The van der Waals surface area contributed by atoms with E-state index in [2.05, 4.69) is 5.32 Å². The van der Waals surface area contributed by atoms with Gasteiger partial charge in [-0.3, -0.25) is 10.1 Å². The van der Waals surface area contributed by atoms with E-state index in [-0.39, 0.29) is 10.7 Å². The van der Waals surface area contributed by atoms with Crippen molar-refractivity contribution in [3.05, 3.63) is 33.3 Å². The highest BCUT2D eigenvalue weighted by molar-refractivity contribution is 6.32. The largest absolute Gasteiger partial charge is 0.492 e. The molecule has 6 heteroatoms.